The number of aromatic nitrogens is 4. The maximum absolute atomic E-state index is 9.04. The minimum absolute atomic E-state index is 0.488. The zero-order chi connectivity index (χ0) is 14.4. The Labute approximate surface area is 120 Å². The first-order valence-electron chi connectivity index (χ1n) is 6.76. The van der Waals surface area contributed by atoms with E-state index in [4.69, 9.17) is 10.2 Å². The quantitative estimate of drug-likeness (QED) is 0.738. The van der Waals surface area contributed by atoms with E-state index in [2.05, 4.69) is 26.4 Å². The second-order valence-corrected chi connectivity index (χ2v) is 5.14. The van der Waals surface area contributed by atoms with E-state index in [1.165, 1.54) is 6.33 Å². The SMILES string of the molecule is CNC1CN(c2nc3ccc(C#N)cc3c3ncnn23)C1. The predicted molar refractivity (Wildman–Crippen MR) is 78.1 cm³/mol. The van der Waals surface area contributed by atoms with Crippen LogP contribution >= 0.6 is 0 Å². The van der Waals surface area contributed by atoms with E-state index < -0.39 is 0 Å². The first-order valence-corrected chi connectivity index (χ1v) is 6.76. The molecule has 1 aliphatic rings. The van der Waals surface area contributed by atoms with Crippen molar-refractivity contribution in [3.63, 3.8) is 0 Å². The molecule has 1 aromatic carbocycles. The fourth-order valence-corrected chi connectivity index (χ4v) is 2.64. The standard InChI is InChI=1S/C14H13N7/c1-16-10-6-20(7-10)14-19-12-3-2-9(5-15)4-11(12)13-17-8-18-21(13)14/h2-4,8,10,16H,6-7H2,1H3. The van der Waals surface area contributed by atoms with Crippen molar-refractivity contribution in [2.24, 2.45) is 0 Å². The maximum Gasteiger partial charge on any atom is 0.229 e. The molecule has 1 fully saturated rings. The molecule has 21 heavy (non-hydrogen) atoms. The van der Waals surface area contributed by atoms with Gasteiger partial charge in [0.05, 0.1) is 17.1 Å². The first-order chi connectivity index (χ1) is 10.3. The molecule has 4 rings (SSSR count). The molecule has 0 atom stereocenters. The normalized spacial score (nSPS) is 15.3. The summed E-state index contributed by atoms with van der Waals surface area (Å²) >= 11 is 0. The van der Waals surface area contributed by atoms with Crippen LogP contribution in [0.15, 0.2) is 24.5 Å². The Morgan fingerprint density at radius 3 is 3.00 bits per heavy atom. The highest BCUT2D eigenvalue weighted by Gasteiger charge is 2.29. The van der Waals surface area contributed by atoms with E-state index in [1.807, 2.05) is 19.2 Å². The lowest BCUT2D eigenvalue weighted by Gasteiger charge is -2.39. The van der Waals surface area contributed by atoms with Crippen LogP contribution in [0.25, 0.3) is 16.6 Å². The molecule has 0 amide bonds. The lowest BCUT2D eigenvalue weighted by molar-refractivity contribution is 0.440. The van der Waals surface area contributed by atoms with Crippen molar-refractivity contribution in [2.75, 3.05) is 25.0 Å². The molecule has 104 valence electrons. The van der Waals surface area contributed by atoms with Crippen LogP contribution in [0.1, 0.15) is 5.56 Å². The highest BCUT2D eigenvalue weighted by atomic mass is 15.4. The van der Waals surface area contributed by atoms with Crippen molar-refractivity contribution in [1.82, 2.24) is 24.9 Å². The summed E-state index contributed by atoms with van der Waals surface area (Å²) in [7, 11) is 1.96. The number of anilines is 1. The fourth-order valence-electron chi connectivity index (χ4n) is 2.64. The zero-order valence-corrected chi connectivity index (χ0v) is 11.5. The molecule has 1 N–H and O–H groups in total. The smallest absolute Gasteiger partial charge is 0.229 e. The molecule has 1 aliphatic heterocycles. The average Bonchev–Trinajstić information content (AvgIpc) is 2.95. The fraction of sp³-hybridized carbons (Fsp3) is 0.286. The molecule has 0 radical (unpaired) electrons. The van der Waals surface area contributed by atoms with Crippen LogP contribution in [-0.2, 0) is 0 Å². The Balaban J connectivity index is 1.91. The van der Waals surface area contributed by atoms with Crippen molar-refractivity contribution < 1.29 is 0 Å². The molecular formula is C14H13N7. The van der Waals surface area contributed by atoms with Crippen LogP contribution in [0.5, 0.6) is 0 Å². The van der Waals surface area contributed by atoms with Gasteiger partial charge < -0.3 is 10.2 Å². The number of nitriles is 1. The van der Waals surface area contributed by atoms with Gasteiger partial charge in [-0.15, -0.1) is 0 Å². The van der Waals surface area contributed by atoms with Crippen LogP contribution in [0.4, 0.5) is 5.95 Å². The zero-order valence-electron chi connectivity index (χ0n) is 11.5. The minimum Gasteiger partial charge on any atom is -0.337 e. The molecule has 2 aromatic heterocycles. The highest BCUT2D eigenvalue weighted by Crippen LogP contribution is 2.25. The molecule has 0 spiro atoms. The summed E-state index contributed by atoms with van der Waals surface area (Å²) < 4.78 is 1.75. The van der Waals surface area contributed by atoms with Gasteiger partial charge in [0.2, 0.25) is 5.95 Å². The Kier molecular flexibility index (Phi) is 2.52. The molecule has 3 aromatic rings. The van der Waals surface area contributed by atoms with Gasteiger partial charge in [0.1, 0.15) is 6.33 Å². The van der Waals surface area contributed by atoms with Gasteiger partial charge in [-0.25, -0.2) is 9.97 Å². The van der Waals surface area contributed by atoms with E-state index in [-0.39, 0.29) is 0 Å². The molecule has 0 unspecified atom stereocenters. The lowest BCUT2D eigenvalue weighted by Crippen LogP contribution is -2.58. The Morgan fingerprint density at radius 1 is 1.38 bits per heavy atom. The van der Waals surface area contributed by atoms with Crippen molar-refractivity contribution in [3.8, 4) is 6.07 Å². The molecule has 7 nitrogen and oxygen atoms in total. The van der Waals surface area contributed by atoms with Crippen molar-refractivity contribution in [1.29, 1.82) is 5.26 Å². The molecule has 1 saturated heterocycles. The summed E-state index contributed by atoms with van der Waals surface area (Å²) in [6.07, 6.45) is 1.52. The largest absolute Gasteiger partial charge is 0.337 e. The Hall–Kier alpha value is -2.72. The number of hydrogen-bond donors (Lipinski definition) is 1. The number of nitrogens with one attached hydrogen (secondary N) is 1. The number of fused-ring (bicyclic) bond motifs is 3. The van der Waals surface area contributed by atoms with Crippen LogP contribution < -0.4 is 10.2 Å². The highest BCUT2D eigenvalue weighted by molar-refractivity contribution is 5.93. The van der Waals surface area contributed by atoms with Gasteiger partial charge in [-0.1, -0.05) is 0 Å². The Bertz CT molecular complexity index is 870. The number of rotatable bonds is 2. The molecule has 3 heterocycles. The summed E-state index contributed by atoms with van der Waals surface area (Å²) in [6.45, 7) is 1.81. The molecular weight excluding hydrogens is 266 g/mol. The van der Waals surface area contributed by atoms with E-state index in [0.29, 0.717) is 11.6 Å². The van der Waals surface area contributed by atoms with Crippen molar-refractivity contribution in [2.45, 2.75) is 6.04 Å². The molecule has 0 aliphatic carbocycles. The summed E-state index contributed by atoms with van der Waals surface area (Å²) in [5.74, 6) is 0.797. The van der Waals surface area contributed by atoms with E-state index in [1.54, 1.807) is 10.6 Å². The predicted octanol–water partition coefficient (Wildman–Crippen LogP) is 0.557. The second kappa shape index (κ2) is 4.40. The van der Waals surface area contributed by atoms with E-state index in [9.17, 15) is 0 Å². The number of nitrogens with zero attached hydrogens (tertiary/aromatic N) is 6. The van der Waals surface area contributed by atoms with Crippen LogP contribution in [0, 0.1) is 11.3 Å². The van der Waals surface area contributed by atoms with Gasteiger partial charge in [0.15, 0.2) is 5.65 Å². The maximum atomic E-state index is 9.04. The summed E-state index contributed by atoms with van der Waals surface area (Å²) in [5, 5.41) is 17.4. The lowest BCUT2D eigenvalue weighted by atomic mass is 10.1. The number of benzene rings is 1. The first kappa shape index (κ1) is 12.1. The van der Waals surface area contributed by atoms with Crippen LogP contribution in [0.3, 0.4) is 0 Å². The summed E-state index contributed by atoms with van der Waals surface area (Å²) in [5.41, 5.74) is 2.17. The third-order valence-corrected chi connectivity index (χ3v) is 3.90. The Morgan fingerprint density at radius 2 is 2.24 bits per heavy atom. The summed E-state index contributed by atoms with van der Waals surface area (Å²) in [4.78, 5) is 11.2. The monoisotopic (exact) mass is 279 g/mol. The van der Waals surface area contributed by atoms with Gasteiger partial charge in [0, 0.05) is 24.5 Å². The molecule has 0 saturated carbocycles. The number of likely N-dealkylation sites (N-methyl/N-ethyl adjacent to an activating group) is 1. The van der Waals surface area contributed by atoms with Gasteiger partial charge in [-0.2, -0.15) is 14.9 Å². The molecule has 7 heteroatoms. The van der Waals surface area contributed by atoms with Crippen molar-refractivity contribution >= 4 is 22.5 Å². The average molecular weight is 279 g/mol. The van der Waals surface area contributed by atoms with E-state index in [0.717, 1.165) is 35.6 Å². The van der Waals surface area contributed by atoms with Crippen molar-refractivity contribution in [3.05, 3.63) is 30.1 Å². The van der Waals surface area contributed by atoms with Crippen LogP contribution in [-0.4, -0.2) is 45.8 Å². The van der Waals surface area contributed by atoms with Gasteiger partial charge >= 0.3 is 0 Å². The van der Waals surface area contributed by atoms with Crippen LogP contribution in [0.2, 0.25) is 0 Å². The second-order valence-electron chi connectivity index (χ2n) is 5.14. The van der Waals surface area contributed by atoms with Gasteiger partial charge in [0.25, 0.3) is 0 Å². The minimum atomic E-state index is 0.488. The van der Waals surface area contributed by atoms with E-state index >= 15 is 0 Å². The summed E-state index contributed by atoms with van der Waals surface area (Å²) in [6, 6.07) is 8.08. The third kappa shape index (κ3) is 1.73. The van der Waals surface area contributed by atoms with Gasteiger partial charge in [-0.05, 0) is 25.2 Å². The number of hydrogen-bond acceptors (Lipinski definition) is 6. The van der Waals surface area contributed by atoms with Gasteiger partial charge in [-0.3, -0.25) is 0 Å². The topological polar surface area (TPSA) is 82.1 Å². The molecule has 0 bridgehead atoms. The third-order valence-electron chi connectivity index (χ3n) is 3.90.